The van der Waals surface area contributed by atoms with E-state index in [4.69, 9.17) is 4.74 Å². The van der Waals surface area contributed by atoms with Gasteiger partial charge in [-0.2, -0.15) is 0 Å². The topological polar surface area (TPSA) is 55.4 Å². The van der Waals surface area contributed by atoms with Crippen LogP contribution >= 0.6 is 0 Å². The van der Waals surface area contributed by atoms with Crippen LogP contribution in [0.15, 0.2) is 0 Å². The van der Waals surface area contributed by atoms with E-state index >= 15 is 0 Å². The minimum absolute atomic E-state index is 0.176. The molecule has 0 rings (SSSR count). The van der Waals surface area contributed by atoms with Gasteiger partial charge >= 0.3 is 5.97 Å². The van der Waals surface area contributed by atoms with Gasteiger partial charge in [0.2, 0.25) is 0 Å². The Morgan fingerprint density at radius 1 is 1.67 bits per heavy atom. The average molecular weight is 171 g/mol. The maximum atomic E-state index is 10.8. The third-order valence-corrected chi connectivity index (χ3v) is 1.27. The summed E-state index contributed by atoms with van der Waals surface area (Å²) in [5.74, 6) is -0.176. The van der Waals surface area contributed by atoms with Crippen molar-refractivity contribution in [3.05, 3.63) is 0 Å². The van der Waals surface area contributed by atoms with E-state index in [0.717, 1.165) is 6.19 Å². The summed E-state index contributed by atoms with van der Waals surface area (Å²) in [7, 11) is 0.350. The first-order chi connectivity index (χ1) is 5.81. The van der Waals surface area contributed by atoms with Gasteiger partial charge in [0, 0.05) is 6.42 Å². The third-order valence-electron chi connectivity index (χ3n) is 1.27. The van der Waals surface area contributed by atoms with E-state index in [2.05, 4.69) is 5.23 Å². The van der Waals surface area contributed by atoms with Crippen LogP contribution in [0.5, 0.6) is 0 Å². The fraction of sp³-hybridized carbons (Fsp3) is 0.714. The Kier molecular flexibility index (Phi) is 7.69. The van der Waals surface area contributed by atoms with Gasteiger partial charge in [0.1, 0.15) is 0 Å². The lowest BCUT2D eigenvalue weighted by Crippen LogP contribution is -2.22. The monoisotopic (exact) mass is 171 g/mol. The van der Waals surface area contributed by atoms with E-state index in [0.29, 0.717) is 33.4 Å². The van der Waals surface area contributed by atoms with Gasteiger partial charge in [-0.1, -0.05) is 0 Å². The standard InChI is InChI=1S/C7H14BNO3/c1-2-12-7(11)4-3-5-9-8-6-10/h6,8-9H,2-5H2,1H3. The van der Waals surface area contributed by atoms with Crippen molar-refractivity contribution in [3.8, 4) is 0 Å². The van der Waals surface area contributed by atoms with Gasteiger partial charge in [-0.25, -0.2) is 0 Å². The van der Waals surface area contributed by atoms with Crippen LogP contribution in [-0.4, -0.2) is 32.7 Å². The van der Waals surface area contributed by atoms with E-state index in [1.807, 2.05) is 0 Å². The molecule has 0 radical (unpaired) electrons. The molecule has 0 atom stereocenters. The fourth-order valence-electron chi connectivity index (χ4n) is 0.752. The van der Waals surface area contributed by atoms with Crippen LogP contribution in [0, 0.1) is 0 Å². The lowest BCUT2D eigenvalue weighted by Gasteiger charge is -2.00. The quantitative estimate of drug-likeness (QED) is 0.242. The summed E-state index contributed by atoms with van der Waals surface area (Å²) in [6, 6.07) is 0. The first-order valence-electron chi connectivity index (χ1n) is 4.11. The molecule has 0 aromatic carbocycles. The summed E-state index contributed by atoms with van der Waals surface area (Å²) in [6.07, 6.45) is 1.93. The molecule has 0 aliphatic heterocycles. The number of hydrogen-bond acceptors (Lipinski definition) is 4. The van der Waals surface area contributed by atoms with Crippen LogP contribution < -0.4 is 5.23 Å². The first kappa shape index (κ1) is 11.2. The van der Waals surface area contributed by atoms with Crippen molar-refractivity contribution >= 4 is 19.6 Å². The van der Waals surface area contributed by atoms with Crippen molar-refractivity contribution < 1.29 is 14.3 Å². The second-order valence-corrected chi connectivity index (χ2v) is 2.28. The molecule has 0 heterocycles. The molecule has 0 saturated heterocycles. The number of rotatable bonds is 7. The van der Waals surface area contributed by atoms with E-state index in [9.17, 15) is 9.59 Å². The summed E-state index contributed by atoms with van der Waals surface area (Å²) in [5, 5.41) is 2.86. The first-order valence-corrected chi connectivity index (χ1v) is 4.11. The van der Waals surface area contributed by atoms with E-state index in [1.165, 1.54) is 0 Å². The highest BCUT2D eigenvalue weighted by atomic mass is 16.5. The van der Waals surface area contributed by atoms with Crippen molar-refractivity contribution in [1.29, 1.82) is 0 Å². The van der Waals surface area contributed by atoms with Gasteiger partial charge in [-0.05, 0) is 19.9 Å². The van der Waals surface area contributed by atoms with Crippen LogP contribution in [0.3, 0.4) is 0 Å². The zero-order valence-corrected chi connectivity index (χ0v) is 7.34. The molecule has 1 N–H and O–H groups in total. The summed E-state index contributed by atoms with van der Waals surface area (Å²) < 4.78 is 4.71. The predicted molar refractivity (Wildman–Crippen MR) is 47.8 cm³/mol. The fourth-order valence-corrected chi connectivity index (χ4v) is 0.752. The maximum Gasteiger partial charge on any atom is 0.305 e. The van der Waals surface area contributed by atoms with Crippen LogP contribution in [-0.2, 0) is 14.3 Å². The number of carbonyl (C=O) groups excluding carboxylic acids is 2. The molecule has 5 heteroatoms. The molecule has 0 saturated carbocycles. The summed E-state index contributed by atoms with van der Waals surface area (Å²) in [5.41, 5.74) is 0. The van der Waals surface area contributed by atoms with Gasteiger partial charge in [0.25, 0.3) is 7.41 Å². The summed E-state index contributed by atoms with van der Waals surface area (Å²) in [6.45, 7) is 2.89. The molecule has 0 fully saturated rings. The van der Waals surface area contributed by atoms with Crippen molar-refractivity contribution in [3.63, 3.8) is 0 Å². The number of nitrogens with one attached hydrogen (secondary N) is 1. The van der Waals surface area contributed by atoms with Crippen LogP contribution in [0.2, 0.25) is 0 Å². The molecule has 0 aliphatic rings. The Morgan fingerprint density at radius 3 is 3.00 bits per heavy atom. The molecule has 0 aliphatic carbocycles. The molecule has 0 spiro atoms. The van der Waals surface area contributed by atoms with E-state index in [-0.39, 0.29) is 5.97 Å². The van der Waals surface area contributed by atoms with Crippen molar-refractivity contribution in [2.24, 2.45) is 0 Å². The number of hydrogen-bond donors (Lipinski definition) is 1. The second kappa shape index (κ2) is 8.26. The van der Waals surface area contributed by atoms with Crippen molar-refractivity contribution in [2.75, 3.05) is 13.2 Å². The van der Waals surface area contributed by atoms with E-state index < -0.39 is 0 Å². The molecule has 0 aromatic rings. The van der Waals surface area contributed by atoms with E-state index in [1.54, 1.807) is 6.92 Å². The second-order valence-electron chi connectivity index (χ2n) is 2.28. The number of carbonyl (C=O) groups is 2. The van der Waals surface area contributed by atoms with Gasteiger partial charge in [0.05, 0.1) is 12.8 Å². The van der Waals surface area contributed by atoms with Gasteiger partial charge < -0.3 is 14.8 Å². The lowest BCUT2D eigenvalue weighted by atomic mass is 9.99. The molecule has 0 unspecified atom stereocenters. The zero-order chi connectivity index (χ0) is 9.23. The Bertz CT molecular complexity index is 141. The molecule has 0 aromatic heterocycles. The highest BCUT2D eigenvalue weighted by Crippen LogP contribution is 1.90. The van der Waals surface area contributed by atoms with Crippen LogP contribution in [0.1, 0.15) is 19.8 Å². The number of esters is 1. The molecule has 12 heavy (non-hydrogen) atoms. The average Bonchev–Trinajstić information content (AvgIpc) is 2.05. The molecule has 0 bridgehead atoms. The lowest BCUT2D eigenvalue weighted by molar-refractivity contribution is -0.143. The Morgan fingerprint density at radius 2 is 2.42 bits per heavy atom. The molecule has 4 nitrogen and oxygen atoms in total. The Balaban J connectivity index is 3.08. The van der Waals surface area contributed by atoms with Gasteiger partial charge in [0.15, 0.2) is 0 Å². The highest BCUT2D eigenvalue weighted by molar-refractivity contribution is 6.64. The summed E-state index contributed by atoms with van der Waals surface area (Å²) >= 11 is 0. The minimum atomic E-state index is -0.176. The predicted octanol–water partition coefficient (Wildman–Crippen LogP) is -0.539. The molecule has 0 amide bonds. The van der Waals surface area contributed by atoms with Crippen LogP contribution in [0.25, 0.3) is 0 Å². The maximum absolute atomic E-state index is 10.8. The summed E-state index contributed by atoms with van der Waals surface area (Å²) in [4.78, 5) is 20.6. The number of ether oxygens (including phenoxy) is 1. The largest absolute Gasteiger partial charge is 0.466 e. The Labute approximate surface area is 72.9 Å². The third kappa shape index (κ3) is 7.27. The van der Waals surface area contributed by atoms with Gasteiger partial charge in [-0.15, -0.1) is 0 Å². The molecular weight excluding hydrogens is 157 g/mol. The molecular formula is C7H14BNO3. The SMILES string of the molecule is CCOC(=O)CCCNBC=O. The van der Waals surface area contributed by atoms with Gasteiger partial charge in [-0.3, -0.25) is 4.79 Å². The highest BCUT2D eigenvalue weighted by Gasteiger charge is 1.99. The smallest absolute Gasteiger partial charge is 0.305 e. The van der Waals surface area contributed by atoms with Crippen molar-refractivity contribution in [2.45, 2.75) is 19.8 Å². The Hall–Kier alpha value is -0.835. The molecule has 68 valence electrons. The zero-order valence-electron chi connectivity index (χ0n) is 7.34. The van der Waals surface area contributed by atoms with Crippen LogP contribution in [0.4, 0.5) is 0 Å². The van der Waals surface area contributed by atoms with Crippen molar-refractivity contribution in [1.82, 2.24) is 5.23 Å². The normalized spacial score (nSPS) is 9.08. The minimum Gasteiger partial charge on any atom is -0.466 e.